The minimum Gasteiger partial charge on any atom is -0.493 e. The van der Waals surface area contributed by atoms with Crippen molar-refractivity contribution in [3.63, 3.8) is 0 Å². The second kappa shape index (κ2) is 8.15. The number of carbonyl (C=O) groups is 1. The predicted octanol–water partition coefficient (Wildman–Crippen LogP) is 4.99. The second-order valence-corrected chi connectivity index (χ2v) is 6.97. The van der Waals surface area contributed by atoms with Crippen molar-refractivity contribution in [1.29, 1.82) is 0 Å². The molecule has 0 spiro atoms. The van der Waals surface area contributed by atoms with Crippen LogP contribution in [0.3, 0.4) is 0 Å². The maximum Gasteiger partial charge on any atom is 0.261 e. The average Bonchev–Trinajstić information content (AvgIpc) is 2.50. The number of nitrogens with one attached hydrogen (secondary N) is 1. The standard InChI is InChI=1S/C21H28N2O2/c1-13(2)10-11-25-18-12-16(5)22-17(6)19(18)21(24)23-20-14(3)8-7-9-15(20)4/h7-9,12-13H,10-11H2,1-6H3,(H,23,24). The van der Waals surface area contributed by atoms with Crippen LogP contribution in [0.2, 0.25) is 0 Å². The van der Waals surface area contributed by atoms with E-state index in [4.69, 9.17) is 4.74 Å². The van der Waals surface area contributed by atoms with Crippen molar-refractivity contribution >= 4 is 11.6 Å². The number of nitrogens with zero attached hydrogens (tertiary/aromatic N) is 1. The van der Waals surface area contributed by atoms with Crippen molar-refractivity contribution in [1.82, 2.24) is 4.98 Å². The Labute approximate surface area is 150 Å². The molecule has 2 rings (SSSR count). The number of ether oxygens (including phenoxy) is 1. The zero-order chi connectivity index (χ0) is 18.6. The van der Waals surface area contributed by atoms with Crippen LogP contribution in [0, 0.1) is 33.6 Å². The average molecular weight is 340 g/mol. The van der Waals surface area contributed by atoms with Gasteiger partial charge in [-0.2, -0.15) is 0 Å². The van der Waals surface area contributed by atoms with Gasteiger partial charge in [0.2, 0.25) is 0 Å². The summed E-state index contributed by atoms with van der Waals surface area (Å²) in [4.78, 5) is 17.4. The Bertz CT molecular complexity index is 746. The SMILES string of the molecule is Cc1cc(OCCC(C)C)c(C(=O)Nc2c(C)cccc2C)c(C)n1. The van der Waals surface area contributed by atoms with Gasteiger partial charge in [0, 0.05) is 17.4 Å². The first-order valence-corrected chi connectivity index (χ1v) is 8.78. The molecule has 1 heterocycles. The van der Waals surface area contributed by atoms with Crippen molar-refractivity contribution in [3.05, 3.63) is 52.3 Å². The monoisotopic (exact) mass is 340 g/mol. The Kier molecular flexibility index (Phi) is 6.18. The summed E-state index contributed by atoms with van der Waals surface area (Å²) in [6.45, 7) is 12.6. The van der Waals surface area contributed by atoms with E-state index >= 15 is 0 Å². The molecule has 0 fully saturated rings. The molecule has 0 aliphatic rings. The number of aryl methyl sites for hydroxylation is 4. The lowest BCUT2D eigenvalue weighted by atomic mass is 10.1. The van der Waals surface area contributed by atoms with Gasteiger partial charge in [0.25, 0.3) is 5.91 Å². The van der Waals surface area contributed by atoms with Gasteiger partial charge in [0.15, 0.2) is 0 Å². The first kappa shape index (κ1) is 19.0. The molecule has 25 heavy (non-hydrogen) atoms. The van der Waals surface area contributed by atoms with Crippen LogP contribution < -0.4 is 10.1 Å². The smallest absolute Gasteiger partial charge is 0.261 e. The topological polar surface area (TPSA) is 51.2 Å². The number of rotatable bonds is 6. The van der Waals surface area contributed by atoms with E-state index in [9.17, 15) is 4.79 Å². The van der Waals surface area contributed by atoms with E-state index in [1.165, 1.54) is 0 Å². The number of pyridine rings is 1. The zero-order valence-corrected chi connectivity index (χ0v) is 16.1. The molecule has 0 bridgehead atoms. The van der Waals surface area contributed by atoms with Crippen LogP contribution in [0.1, 0.15) is 53.1 Å². The lowest BCUT2D eigenvalue weighted by molar-refractivity contribution is 0.102. The molecule has 134 valence electrons. The van der Waals surface area contributed by atoms with E-state index in [2.05, 4.69) is 24.1 Å². The number of carbonyl (C=O) groups excluding carboxylic acids is 1. The number of amides is 1. The lowest BCUT2D eigenvalue weighted by Gasteiger charge is -2.17. The summed E-state index contributed by atoms with van der Waals surface area (Å²) in [7, 11) is 0. The van der Waals surface area contributed by atoms with Gasteiger partial charge in [0.1, 0.15) is 11.3 Å². The van der Waals surface area contributed by atoms with E-state index in [1.807, 2.05) is 52.0 Å². The van der Waals surface area contributed by atoms with Crippen molar-refractivity contribution in [2.75, 3.05) is 11.9 Å². The normalized spacial score (nSPS) is 10.8. The summed E-state index contributed by atoms with van der Waals surface area (Å²) in [6.07, 6.45) is 0.943. The maximum absolute atomic E-state index is 12.9. The van der Waals surface area contributed by atoms with Crippen molar-refractivity contribution in [2.24, 2.45) is 5.92 Å². The number of para-hydroxylation sites is 1. The Morgan fingerprint density at radius 1 is 1.16 bits per heavy atom. The molecule has 1 N–H and O–H groups in total. The van der Waals surface area contributed by atoms with Crippen molar-refractivity contribution in [2.45, 2.75) is 48.0 Å². The van der Waals surface area contributed by atoms with E-state index in [1.54, 1.807) is 0 Å². The molecule has 0 aliphatic carbocycles. The Balaban J connectivity index is 2.31. The van der Waals surface area contributed by atoms with E-state index in [0.717, 1.165) is 28.9 Å². The van der Waals surface area contributed by atoms with Crippen LogP contribution >= 0.6 is 0 Å². The molecule has 1 aromatic carbocycles. The van der Waals surface area contributed by atoms with Gasteiger partial charge in [-0.25, -0.2) is 0 Å². The molecular weight excluding hydrogens is 312 g/mol. The van der Waals surface area contributed by atoms with Crippen LogP contribution in [0.5, 0.6) is 5.75 Å². The summed E-state index contributed by atoms with van der Waals surface area (Å²) < 4.78 is 5.93. The molecule has 0 saturated heterocycles. The van der Waals surface area contributed by atoms with Gasteiger partial charge in [-0.15, -0.1) is 0 Å². The highest BCUT2D eigenvalue weighted by Gasteiger charge is 2.19. The summed E-state index contributed by atoms with van der Waals surface area (Å²) in [5, 5.41) is 3.04. The minimum absolute atomic E-state index is 0.179. The summed E-state index contributed by atoms with van der Waals surface area (Å²) >= 11 is 0. The van der Waals surface area contributed by atoms with Gasteiger partial charge in [-0.3, -0.25) is 9.78 Å². The number of hydrogen-bond acceptors (Lipinski definition) is 3. The molecule has 0 unspecified atom stereocenters. The van der Waals surface area contributed by atoms with Gasteiger partial charge in [0.05, 0.1) is 12.3 Å². The molecule has 2 aromatic rings. The first-order valence-electron chi connectivity index (χ1n) is 8.78. The molecule has 0 aliphatic heterocycles. The van der Waals surface area contributed by atoms with Crippen molar-refractivity contribution < 1.29 is 9.53 Å². The molecule has 1 amide bonds. The third-order valence-corrected chi connectivity index (χ3v) is 4.19. The Hall–Kier alpha value is -2.36. The van der Waals surface area contributed by atoms with Crippen molar-refractivity contribution in [3.8, 4) is 5.75 Å². The minimum atomic E-state index is -0.179. The van der Waals surface area contributed by atoms with Crippen LogP contribution in [0.25, 0.3) is 0 Å². The molecule has 1 aromatic heterocycles. The van der Waals surface area contributed by atoms with Crippen LogP contribution in [-0.2, 0) is 0 Å². The summed E-state index contributed by atoms with van der Waals surface area (Å²) in [5.74, 6) is 0.979. The quantitative estimate of drug-likeness (QED) is 0.806. The maximum atomic E-state index is 12.9. The fourth-order valence-electron chi connectivity index (χ4n) is 2.78. The molecule has 4 nitrogen and oxygen atoms in total. The fraction of sp³-hybridized carbons (Fsp3) is 0.429. The largest absolute Gasteiger partial charge is 0.493 e. The van der Waals surface area contributed by atoms with Gasteiger partial charge in [-0.05, 0) is 51.2 Å². The molecular formula is C21H28N2O2. The third kappa shape index (κ3) is 4.81. The highest BCUT2D eigenvalue weighted by atomic mass is 16.5. The van der Waals surface area contributed by atoms with E-state index in [-0.39, 0.29) is 5.91 Å². The lowest BCUT2D eigenvalue weighted by Crippen LogP contribution is -2.18. The molecule has 0 radical (unpaired) electrons. The number of benzene rings is 1. The van der Waals surface area contributed by atoms with E-state index in [0.29, 0.717) is 29.5 Å². The van der Waals surface area contributed by atoms with Crippen LogP contribution in [0.4, 0.5) is 5.69 Å². The zero-order valence-electron chi connectivity index (χ0n) is 16.1. The number of anilines is 1. The molecule has 0 saturated carbocycles. The van der Waals surface area contributed by atoms with Crippen LogP contribution in [-0.4, -0.2) is 17.5 Å². The van der Waals surface area contributed by atoms with E-state index < -0.39 is 0 Å². The van der Waals surface area contributed by atoms with Crippen LogP contribution in [0.15, 0.2) is 24.3 Å². The third-order valence-electron chi connectivity index (χ3n) is 4.19. The van der Waals surface area contributed by atoms with Gasteiger partial charge in [-0.1, -0.05) is 32.0 Å². The Morgan fingerprint density at radius 3 is 2.40 bits per heavy atom. The number of aromatic nitrogens is 1. The second-order valence-electron chi connectivity index (χ2n) is 6.97. The predicted molar refractivity (Wildman–Crippen MR) is 103 cm³/mol. The molecule has 4 heteroatoms. The fourth-order valence-corrected chi connectivity index (χ4v) is 2.78. The summed E-state index contributed by atoms with van der Waals surface area (Å²) in [5.41, 5.74) is 4.96. The summed E-state index contributed by atoms with van der Waals surface area (Å²) in [6, 6.07) is 7.80. The Morgan fingerprint density at radius 2 is 1.80 bits per heavy atom. The number of hydrogen-bond donors (Lipinski definition) is 1. The highest BCUT2D eigenvalue weighted by molar-refractivity contribution is 6.07. The van der Waals surface area contributed by atoms with Gasteiger partial charge >= 0.3 is 0 Å². The highest BCUT2D eigenvalue weighted by Crippen LogP contribution is 2.26. The van der Waals surface area contributed by atoms with Gasteiger partial charge < -0.3 is 10.1 Å². The molecule has 0 atom stereocenters. The first-order chi connectivity index (χ1) is 11.8.